The number of amides is 2. The molecule has 0 aromatic carbocycles. The molecule has 0 atom stereocenters. The highest BCUT2D eigenvalue weighted by Gasteiger charge is 2.33. The Morgan fingerprint density at radius 1 is 0.846 bits per heavy atom. The second-order valence-electron chi connectivity index (χ2n) is 7.94. The predicted molar refractivity (Wildman–Crippen MR) is 103 cm³/mol. The Morgan fingerprint density at radius 2 is 1.31 bits per heavy atom. The Bertz CT molecular complexity index is 515. The molecular weight excluding hydrogens is 328 g/mol. The molecule has 2 amide bonds. The fourth-order valence-electron chi connectivity index (χ4n) is 4.79. The zero-order valence-corrected chi connectivity index (χ0v) is 16.5. The van der Waals surface area contributed by atoms with Gasteiger partial charge in [-0.05, 0) is 69.3 Å². The second kappa shape index (κ2) is 9.89. The minimum atomic E-state index is -0.0790. The molecule has 0 saturated heterocycles. The monoisotopic (exact) mass is 362 g/mol. The lowest BCUT2D eigenvalue weighted by molar-refractivity contribution is -0.132. The smallest absolute Gasteiger partial charge is 0.246 e. The summed E-state index contributed by atoms with van der Waals surface area (Å²) in [6.07, 6.45) is 13.0. The van der Waals surface area contributed by atoms with Crippen molar-refractivity contribution in [3.8, 4) is 0 Å². The van der Waals surface area contributed by atoms with E-state index < -0.39 is 0 Å². The molecule has 0 radical (unpaired) electrons. The van der Waals surface area contributed by atoms with Crippen molar-refractivity contribution in [3.63, 3.8) is 0 Å². The molecule has 26 heavy (non-hydrogen) atoms. The maximum Gasteiger partial charge on any atom is 0.246 e. The van der Waals surface area contributed by atoms with Crippen molar-refractivity contribution in [1.29, 1.82) is 0 Å². The molecule has 0 N–H and O–H groups in total. The molecule has 0 aromatic heterocycles. The Morgan fingerprint density at radius 3 is 1.73 bits per heavy atom. The summed E-state index contributed by atoms with van der Waals surface area (Å²) in [5.74, 6) is 1.71. The number of rotatable bonds is 6. The standard InChI is InChI=1S/C21H34N2O3/c1-4-20(25)22(2)18-11-7-16(8-12-18)17-9-13-19(14-10-17)23(3)21(26)6-5-15-24/h5-6,15-19H,4,7-14H2,1-3H3/b6-5-. The van der Waals surface area contributed by atoms with Gasteiger partial charge in [-0.3, -0.25) is 14.4 Å². The summed E-state index contributed by atoms with van der Waals surface area (Å²) in [6, 6.07) is 0.711. The minimum absolute atomic E-state index is 0.0790. The van der Waals surface area contributed by atoms with E-state index in [0.29, 0.717) is 24.8 Å². The predicted octanol–water partition coefficient (Wildman–Crippen LogP) is 3.19. The lowest BCUT2D eigenvalue weighted by Gasteiger charge is -2.41. The molecule has 2 rings (SSSR count). The van der Waals surface area contributed by atoms with Gasteiger partial charge in [0.25, 0.3) is 0 Å². The summed E-state index contributed by atoms with van der Waals surface area (Å²) in [5, 5.41) is 0. The fraction of sp³-hybridized carbons (Fsp3) is 0.762. The van der Waals surface area contributed by atoms with E-state index in [1.807, 2.05) is 25.9 Å². The molecule has 2 aliphatic rings. The molecule has 0 spiro atoms. The lowest BCUT2D eigenvalue weighted by atomic mass is 9.71. The van der Waals surface area contributed by atoms with E-state index in [-0.39, 0.29) is 11.8 Å². The molecule has 0 unspecified atom stereocenters. The van der Waals surface area contributed by atoms with Crippen LogP contribution in [-0.2, 0) is 14.4 Å². The van der Waals surface area contributed by atoms with Gasteiger partial charge in [-0.2, -0.15) is 0 Å². The van der Waals surface area contributed by atoms with E-state index in [4.69, 9.17) is 0 Å². The highest BCUT2D eigenvalue weighted by molar-refractivity contribution is 5.90. The van der Waals surface area contributed by atoms with Gasteiger partial charge in [-0.15, -0.1) is 0 Å². The Kier molecular flexibility index (Phi) is 7.85. The van der Waals surface area contributed by atoms with Crippen LogP contribution in [-0.4, -0.2) is 54.1 Å². The van der Waals surface area contributed by atoms with E-state index in [9.17, 15) is 14.4 Å². The summed E-state index contributed by atoms with van der Waals surface area (Å²) in [7, 11) is 3.79. The number of allylic oxidation sites excluding steroid dienone is 1. The zero-order valence-electron chi connectivity index (χ0n) is 16.5. The summed E-state index contributed by atoms with van der Waals surface area (Å²) < 4.78 is 0. The lowest BCUT2D eigenvalue weighted by Crippen LogP contribution is -2.42. The largest absolute Gasteiger partial charge is 0.343 e. The van der Waals surface area contributed by atoms with Gasteiger partial charge in [0, 0.05) is 38.7 Å². The molecule has 2 fully saturated rings. The van der Waals surface area contributed by atoms with Gasteiger partial charge in [-0.25, -0.2) is 0 Å². The van der Waals surface area contributed by atoms with Crippen LogP contribution in [0, 0.1) is 11.8 Å². The van der Waals surface area contributed by atoms with Gasteiger partial charge in [0.1, 0.15) is 6.29 Å². The maximum atomic E-state index is 12.0. The number of hydrogen-bond donors (Lipinski definition) is 0. The van der Waals surface area contributed by atoms with Crippen LogP contribution < -0.4 is 0 Å². The zero-order chi connectivity index (χ0) is 19.1. The average Bonchev–Trinajstić information content (AvgIpc) is 2.70. The molecule has 2 saturated carbocycles. The van der Waals surface area contributed by atoms with Crippen LogP contribution in [0.3, 0.4) is 0 Å². The number of carbonyl (C=O) groups excluding carboxylic acids is 3. The summed E-state index contributed by atoms with van der Waals surface area (Å²) in [6.45, 7) is 1.93. The summed E-state index contributed by atoms with van der Waals surface area (Å²) in [5.41, 5.74) is 0. The van der Waals surface area contributed by atoms with E-state index in [2.05, 4.69) is 0 Å². The molecule has 0 bridgehead atoms. The van der Waals surface area contributed by atoms with Gasteiger partial charge in [0.2, 0.25) is 11.8 Å². The van der Waals surface area contributed by atoms with Crippen LogP contribution in [0.1, 0.15) is 64.7 Å². The quantitative estimate of drug-likeness (QED) is 0.539. The number of aldehydes is 1. The Labute approximate surface area is 157 Å². The third-order valence-corrected chi connectivity index (χ3v) is 6.61. The third kappa shape index (κ3) is 5.18. The van der Waals surface area contributed by atoms with E-state index >= 15 is 0 Å². The first-order valence-corrected chi connectivity index (χ1v) is 10.1. The maximum absolute atomic E-state index is 12.0. The molecule has 2 aliphatic carbocycles. The van der Waals surface area contributed by atoms with Crippen LogP contribution in [0.4, 0.5) is 0 Å². The van der Waals surface area contributed by atoms with Gasteiger partial charge < -0.3 is 9.80 Å². The first-order valence-electron chi connectivity index (χ1n) is 10.1. The Balaban J connectivity index is 1.77. The molecule has 0 heterocycles. The Hall–Kier alpha value is -1.65. The highest BCUT2D eigenvalue weighted by atomic mass is 16.2. The summed E-state index contributed by atoms with van der Waals surface area (Å²) in [4.78, 5) is 38.0. The normalized spacial score (nSPS) is 29.3. The van der Waals surface area contributed by atoms with Crippen LogP contribution in [0.15, 0.2) is 12.2 Å². The molecule has 0 aliphatic heterocycles. The van der Waals surface area contributed by atoms with E-state index in [0.717, 1.165) is 37.5 Å². The number of nitrogens with zero attached hydrogens (tertiary/aromatic N) is 2. The highest BCUT2D eigenvalue weighted by Crippen LogP contribution is 2.40. The number of hydrogen-bond acceptors (Lipinski definition) is 3. The molecule has 5 nitrogen and oxygen atoms in total. The van der Waals surface area contributed by atoms with Gasteiger partial charge in [0.15, 0.2) is 0 Å². The minimum Gasteiger partial charge on any atom is -0.343 e. The molecule has 146 valence electrons. The molecule has 5 heteroatoms. The van der Waals surface area contributed by atoms with E-state index in [1.165, 1.54) is 37.8 Å². The van der Waals surface area contributed by atoms with Crippen molar-refractivity contribution < 1.29 is 14.4 Å². The van der Waals surface area contributed by atoms with Crippen molar-refractivity contribution in [2.24, 2.45) is 11.8 Å². The topological polar surface area (TPSA) is 57.7 Å². The van der Waals surface area contributed by atoms with Crippen LogP contribution in [0.2, 0.25) is 0 Å². The van der Waals surface area contributed by atoms with Crippen molar-refractivity contribution in [3.05, 3.63) is 12.2 Å². The van der Waals surface area contributed by atoms with Crippen molar-refractivity contribution in [2.45, 2.75) is 76.8 Å². The van der Waals surface area contributed by atoms with Crippen molar-refractivity contribution in [2.75, 3.05) is 14.1 Å². The van der Waals surface area contributed by atoms with Crippen molar-refractivity contribution in [1.82, 2.24) is 9.80 Å². The summed E-state index contributed by atoms with van der Waals surface area (Å²) >= 11 is 0. The number of carbonyl (C=O) groups is 3. The first kappa shape index (κ1) is 20.7. The van der Waals surface area contributed by atoms with Gasteiger partial charge >= 0.3 is 0 Å². The third-order valence-electron chi connectivity index (χ3n) is 6.61. The number of likely N-dealkylation sites (N-methyl/N-ethyl adjacent to an activating group) is 1. The molecule has 0 aromatic rings. The second-order valence-corrected chi connectivity index (χ2v) is 7.94. The van der Waals surface area contributed by atoms with Crippen LogP contribution >= 0.6 is 0 Å². The molecular formula is C21H34N2O3. The van der Waals surface area contributed by atoms with Gasteiger partial charge in [-0.1, -0.05) is 6.92 Å². The first-order chi connectivity index (χ1) is 12.5. The van der Waals surface area contributed by atoms with Crippen molar-refractivity contribution >= 4 is 18.1 Å². The van der Waals surface area contributed by atoms with Crippen LogP contribution in [0.5, 0.6) is 0 Å². The fourth-order valence-corrected chi connectivity index (χ4v) is 4.79. The van der Waals surface area contributed by atoms with Crippen LogP contribution in [0.25, 0.3) is 0 Å². The SMILES string of the molecule is CCC(=O)N(C)C1CCC(C2CCC(N(C)C(=O)/C=C\C=O)CC2)CC1. The average molecular weight is 363 g/mol. The van der Waals surface area contributed by atoms with E-state index in [1.54, 1.807) is 4.90 Å². The van der Waals surface area contributed by atoms with Gasteiger partial charge in [0.05, 0.1) is 0 Å².